The van der Waals surface area contributed by atoms with E-state index in [1.807, 2.05) is 0 Å². The fourth-order valence-corrected chi connectivity index (χ4v) is 0.747. The molecule has 0 aromatic carbocycles. The molecule has 0 atom stereocenters. The molecule has 1 heterocycles. The van der Waals surface area contributed by atoms with Gasteiger partial charge in [0.25, 0.3) is 5.91 Å². The zero-order valence-corrected chi connectivity index (χ0v) is 6.80. The number of nitrogens with zero attached hydrogens (tertiary/aromatic N) is 2. The standard InChI is InChI=1S/C8H8N3O2/c1-6(12)11(9)8(13)7-2-4-10-5-3-7/h2-5H,1,9H2. The SMILES string of the molecule is [CH2]C(=O)N(N)C(=O)c1ccncc1. The molecule has 5 nitrogen and oxygen atoms in total. The molecule has 0 spiro atoms. The molecular weight excluding hydrogens is 170 g/mol. The van der Waals surface area contributed by atoms with Gasteiger partial charge in [0.1, 0.15) is 0 Å². The summed E-state index contributed by atoms with van der Waals surface area (Å²) in [6, 6.07) is 2.93. The molecule has 1 aromatic rings. The van der Waals surface area contributed by atoms with Crippen LogP contribution in [-0.4, -0.2) is 21.8 Å². The van der Waals surface area contributed by atoms with E-state index in [0.29, 0.717) is 10.6 Å². The molecule has 67 valence electrons. The Morgan fingerprint density at radius 2 is 1.92 bits per heavy atom. The average Bonchev–Trinajstić information content (AvgIpc) is 2.17. The summed E-state index contributed by atoms with van der Waals surface area (Å²) in [6.07, 6.45) is 2.88. The van der Waals surface area contributed by atoms with Crippen molar-refractivity contribution in [2.24, 2.45) is 5.84 Å². The van der Waals surface area contributed by atoms with Crippen molar-refractivity contribution in [3.05, 3.63) is 37.0 Å². The highest BCUT2D eigenvalue weighted by Gasteiger charge is 2.15. The van der Waals surface area contributed by atoms with Gasteiger partial charge in [0.2, 0.25) is 5.91 Å². The van der Waals surface area contributed by atoms with Crippen molar-refractivity contribution in [3.63, 3.8) is 0 Å². The zero-order chi connectivity index (χ0) is 9.84. The van der Waals surface area contributed by atoms with Crippen LogP contribution in [0, 0.1) is 6.92 Å². The molecule has 2 N–H and O–H groups in total. The molecule has 2 amide bonds. The first-order chi connectivity index (χ1) is 6.13. The summed E-state index contributed by atoms with van der Waals surface area (Å²) >= 11 is 0. The van der Waals surface area contributed by atoms with E-state index in [1.165, 1.54) is 24.5 Å². The van der Waals surface area contributed by atoms with Crippen molar-refractivity contribution in [2.75, 3.05) is 0 Å². The van der Waals surface area contributed by atoms with Crippen LogP contribution in [0.3, 0.4) is 0 Å². The Bertz CT molecular complexity index is 323. The number of nitrogens with two attached hydrogens (primary N) is 1. The number of hydrogen-bond acceptors (Lipinski definition) is 4. The monoisotopic (exact) mass is 178 g/mol. The fraction of sp³-hybridized carbons (Fsp3) is 0. The number of amides is 2. The molecule has 0 aliphatic rings. The van der Waals surface area contributed by atoms with Crippen LogP contribution in [-0.2, 0) is 4.79 Å². The summed E-state index contributed by atoms with van der Waals surface area (Å²) in [5, 5.41) is 0.454. The van der Waals surface area contributed by atoms with Gasteiger partial charge in [-0.3, -0.25) is 14.6 Å². The quantitative estimate of drug-likeness (QED) is 0.365. The van der Waals surface area contributed by atoms with Crippen molar-refractivity contribution in [1.29, 1.82) is 0 Å². The molecule has 0 fully saturated rings. The van der Waals surface area contributed by atoms with Crippen molar-refractivity contribution < 1.29 is 9.59 Å². The van der Waals surface area contributed by atoms with E-state index in [0.717, 1.165) is 0 Å². The average molecular weight is 178 g/mol. The molecular formula is C8H8N3O2. The van der Waals surface area contributed by atoms with Gasteiger partial charge in [0, 0.05) is 24.9 Å². The van der Waals surface area contributed by atoms with Crippen LogP contribution in [0.25, 0.3) is 0 Å². The molecule has 0 saturated carbocycles. The number of carbonyl (C=O) groups excluding carboxylic acids is 2. The molecule has 13 heavy (non-hydrogen) atoms. The number of hydrazine groups is 1. The van der Waals surface area contributed by atoms with E-state index >= 15 is 0 Å². The summed E-state index contributed by atoms with van der Waals surface area (Å²) in [5.74, 6) is 3.80. The van der Waals surface area contributed by atoms with Crippen molar-refractivity contribution in [2.45, 2.75) is 0 Å². The Balaban J connectivity index is 2.86. The van der Waals surface area contributed by atoms with Gasteiger partial charge in [-0.15, -0.1) is 0 Å². The predicted octanol–water partition coefficient (Wildman–Crippen LogP) is -0.242. The van der Waals surface area contributed by atoms with E-state index < -0.39 is 11.8 Å². The fourth-order valence-electron chi connectivity index (χ4n) is 0.747. The molecule has 1 rings (SSSR count). The van der Waals surface area contributed by atoms with Crippen LogP contribution in [0.1, 0.15) is 10.4 Å². The minimum atomic E-state index is -0.748. The normalized spacial score (nSPS) is 9.38. The molecule has 0 bridgehead atoms. The molecule has 0 saturated heterocycles. The highest BCUT2D eigenvalue weighted by atomic mass is 16.2. The van der Waals surface area contributed by atoms with Crippen LogP contribution in [0.15, 0.2) is 24.5 Å². The van der Waals surface area contributed by atoms with Gasteiger partial charge in [0.15, 0.2) is 0 Å². The molecule has 1 radical (unpaired) electrons. The Morgan fingerprint density at radius 3 is 2.38 bits per heavy atom. The molecule has 1 aromatic heterocycles. The molecule has 0 aliphatic heterocycles. The van der Waals surface area contributed by atoms with Gasteiger partial charge in [0.05, 0.1) is 0 Å². The van der Waals surface area contributed by atoms with Crippen LogP contribution in [0.4, 0.5) is 0 Å². The number of rotatable bonds is 1. The number of carbonyl (C=O) groups is 2. The zero-order valence-electron chi connectivity index (χ0n) is 6.80. The van der Waals surface area contributed by atoms with Crippen molar-refractivity contribution in [1.82, 2.24) is 9.99 Å². The number of aromatic nitrogens is 1. The second kappa shape index (κ2) is 3.77. The van der Waals surface area contributed by atoms with Gasteiger partial charge in [-0.1, -0.05) is 0 Å². The molecule has 0 aliphatic carbocycles. The lowest BCUT2D eigenvalue weighted by molar-refractivity contribution is -0.124. The maximum atomic E-state index is 11.3. The topological polar surface area (TPSA) is 76.3 Å². The maximum absolute atomic E-state index is 11.3. The highest BCUT2D eigenvalue weighted by molar-refractivity contribution is 6.05. The van der Waals surface area contributed by atoms with Gasteiger partial charge in [-0.2, -0.15) is 0 Å². The summed E-state index contributed by atoms with van der Waals surface area (Å²) < 4.78 is 0. The third kappa shape index (κ3) is 2.09. The van der Waals surface area contributed by atoms with Crippen molar-refractivity contribution >= 4 is 11.8 Å². The van der Waals surface area contributed by atoms with Gasteiger partial charge < -0.3 is 0 Å². The van der Waals surface area contributed by atoms with E-state index in [2.05, 4.69) is 11.9 Å². The summed E-state index contributed by atoms with van der Waals surface area (Å²) in [6.45, 7) is 3.01. The Labute approximate surface area is 75.1 Å². The Hall–Kier alpha value is -1.75. The van der Waals surface area contributed by atoms with E-state index in [-0.39, 0.29) is 0 Å². The molecule has 0 unspecified atom stereocenters. The number of pyridine rings is 1. The van der Waals surface area contributed by atoms with Gasteiger partial charge in [-0.05, 0) is 12.1 Å². The maximum Gasteiger partial charge on any atom is 0.274 e. The highest BCUT2D eigenvalue weighted by Crippen LogP contribution is 1.99. The lowest BCUT2D eigenvalue weighted by Crippen LogP contribution is -2.41. The first kappa shape index (κ1) is 9.34. The van der Waals surface area contributed by atoms with Crippen LogP contribution < -0.4 is 5.84 Å². The predicted molar refractivity (Wildman–Crippen MR) is 45.0 cm³/mol. The van der Waals surface area contributed by atoms with Gasteiger partial charge in [-0.25, -0.2) is 10.9 Å². The van der Waals surface area contributed by atoms with Crippen LogP contribution >= 0.6 is 0 Å². The van der Waals surface area contributed by atoms with Gasteiger partial charge >= 0.3 is 0 Å². The second-order valence-electron chi connectivity index (χ2n) is 2.30. The van der Waals surface area contributed by atoms with E-state index in [1.54, 1.807) is 0 Å². The first-order valence-electron chi connectivity index (χ1n) is 3.48. The van der Waals surface area contributed by atoms with E-state index in [9.17, 15) is 9.59 Å². The lowest BCUT2D eigenvalue weighted by atomic mass is 10.2. The summed E-state index contributed by atoms with van der Waals surface area (Å²) in [7, 11) is 0. The minimum Gasteiger partial charge on any atom is -0.273 e. The lowest BCUT2D eigenvalue weighted by Gasteiger charge is -2.11. The van der Waals surface area contributed by atoms with Crippen LogP contribution in [0.2, 0.25) is 0 Å². The Morgan fingerprint density at radius 1 is 1.38 bits per heavy atom. The largest absolute Gasteiger partial charge is 0.274 e. The Kier molecular flexibility index (Phi) is 2.71. The summed E-state index contributed by atoms with van der Waals surface area (Å²) in [4.78, 5) is 25.6. The van der Waals surface area contributed by atoms with Crippen LogP contribution in [0.5, 0.6) is 0 Å². The first-order valence-corrected chi connectivity index (χ1v) is 3.48. The van der Waals surface area contributed by atoms with E-state index in [4.69, 9.17) is 5.84 Å². The molecule has 5 heteroatoms. The third-order valence-corrected chi connectivity index (χ3v) is 1.41. The number of imide groups is 1. The second-order valence-corrected chi connectivity index (χ2v) is 2.30. The summed E-state index contributed by atoms with van der Waals surface area (Å²) in [5.41, 5.74) is 0.300. The number of hydrogen-bond donors (Lipinski definition) is 1. The minimum absolute atomic E-state index is 0.300. The smallest absolute Gasteiger partial charge is 0.273 e. The van der Waals surface area contributed by atoms with Crippen molar-refractivity contribution in [3.8, 4) is 0 Å². The third-order valence-electron chi connectivity index (χ3n) is 1.41.